The van der Waals surface area contributed by atoms with Crippen LogP contribution in [0.3, 0.4) is 0 Å². The quantitative estimate of drug-likeness (QED) is 0.702. The first-order valence-corrected chi connectivity index (χ1v) is 5.75. The van der Waals surface area contributed by atoms with Crippen LogP contribution < -0.4 is 0 Å². The highest BCUT2D eigenvalue weighted by Crippen LogP contribution is 2.23. The second-order valence-corrected chi connectivity index (χ2v) is 5.54. The Bertz CT molecular complexity index is 236. The van der Waals surface area contributed by atoms with Crippen LogP contribution >= 0.6 is 0 Å². The number of morpholine rings is 1. The van der Waals surface area contributed by atoms with Crippen LogP contribution in [-0.4, -0.2) is 35.6 Å². The molecule has 3 nitrogen and oxygen atoms in total. The van der Waals surface area contributed by atoms with Crippen LogP contribution in [0.15, 0.2) is 0 Å². The Hall–Kier alpha value is -0.570. The van der Waals surface area contributed by atoms with Crippen LogP contribution in [0, 0.1) is 5.92 Å². The average molecular weight is 213 g/mol. The van der Waals surface area contributed by atoms with E-state index in [9.17, 15) is 4.79 Å². The van der Waals surface area contributed by atoms with Crippen molar-refractivity contribution in [1.29, 1.82) is 0 Å². The van der Waals surface area contributed by atoms with E-state index in [-0.39, 0.29) is 17.6 Å². The maximum atomic E-state index is 12.0. The fourth-order valence-corrected chi connectivity index (χ4v) is 1.88. The molecule has 1 atom stereocenters. The molecule has 1 rings (SSSR count). The van der Waals surface area contributed by atoms with Gasteiger partial charge in [-0.05, 0) is 26.7 Å². The minimum absolute atomic E-state index is 0.154. The Balaban J connectivity index is 2.67. The molecule has 0 aromatic rings. The number of carbonyl (C=O) groups excluding carboxylic acids is 1. The third-order valence-electron chi connectivity index (χ3n) is 2.78. The van der Waals surface area contributed by atoms with E-state index in [1.165, 1.54) is 0 Å². The number of nitrogens with zero attached hydrogens (tertiary/aromatic N) is 1. The summed E-state index contributed by atoms with van der Waals surface area (Å²) in [5, 5.41) is 0. The van der Waals surface area contributed by atoms with E-state index in [1.54, 1.807) is 0 Å². The smallest absolute Gasteiger partial charge is 0.223 e. The molecule has 1 amide bonds. The molecule has 0 aliphatic carbocycles. The van der Waals surface area contributed by atoms with Crippen LogP contribution in [0.2, 0.25) is 0 Å². The van der Waals surface area contributed by atoms with Crippen molar-refractivity contribution in [2.75, 3.05) is 13.2 Å². The second kappa shape index (κ2) is 4.52. The summed E-state index contributed by atoms with van der Waals surface area (Å²) in [5.41, 5.74) is -0.154. The zero-order valence-corrected chi connectivity index (χ0v) is 10.5. The van der Waals surface area contributed by atoms with E-state index < -0.39 is 0 Å². The minimum Gasteiger partial charge on any atom is -0.374 e. The SMILES string of the molecule is CC(C)CC(=O)N1C[C@H](C)OCC1(C)C. The maximum absolute atomic E-state index is 12.0. The zero-order chi connectivity index (χ0) is 11.6. The summed E-state index contributed by atoms with van der Waals surface area (Å²) in [6.07, 6.45) is 0.796. The van der Waals surface area contributed by atoms with E-state index in [1.807, 2.05) is 11.8 Å². The number of ether oxygens (including phenoxy) is 1. The van der Waals surface area contributed by atoms with Gasteiger partial charge in [-0.2, -0.15) is 0 Å². The molecule has 88 valence electrons. The van der Waals surface area contributed by atoms with Crippen molar-refractivity contribution in [3.8, 4) is 0 Å². The first-order chi connectivity index (χ1) is 6.83. The lowest BCUT2D eigenvalue weighted by atomic mass is 9.99. The first-order valence-electron chi connectivity index (χ1n) is 5.75. The van der Waals surface area contributed by atoms with Gasteiger partial charge in [0.05, 0.1) is 18.2 Å². The predicted octanol–water partition coefficient (Wildman–Crippen LogP) is 2.06. The standard InChI is InChI=1S/C12H23NO2/c1-9(2)6-11(14)13-7-10(3)15-8-12(13,4)5/h9-10H,6-8H2,1-5H3/t10-/m0/s1. The average Bonchev–Trinajstić information content (AvgIpc) is 2.08. The lowest BCUT2D eigenvalue weighted by Crippen LogP contribution is -2.57. The molecule has 1 aliphatic heterocycles. The highest BCUT2D eigenvalue weighted by Gasteiger charge is 2.36. The third kappa shape index (κ3) is 3.20. The van der Waals surface area contributed by atoms with Crippen molar-refractivity contribution in [1.82, 2.24) is 4.90 Å². The first kappa shape index (κ1) is 12.5. The van der Waals surface area contributed by atoms with Gasteiger partial charge in [0.2, 0.25) is 5.91 Å². The molecule has 1 fully saturated rings. The van der Waals surface area contributed by atoms with Crippen molar-refractivity contribution in [3.05, 3.63) is 0 Å². The van der Waals surface area contributed by atoms with Gasteiger partial charge in [-0.25, -0.2) is 0 Å². The molecule has 1 saturated heterocycles. The number of carbonyl (C=O) groups is 1. The summed E-state index contributed by atoms with van der Waals surface area (Å²) in [5.74, 6) is 0.677. The molecule has 0 N–H and O–H groups in total. The zero-order valence-electron chi connectivity index (χ0n) is 10.5. The van der Waals surface area contributed by atoms with E-state index in [0.29, 0.717) is 18.9 Å². The van der Waals surface area contributed by atoms with Gasteiger partial charge in [0.15, 0.2) is 0 Å². The Labute approximate surface area is 92.8 Å². The van der Waals surface area contributed by atoms with Gasteiger partial charge >= 0.3 is 0 Å². The molecule has 0 spiro atoms. The molecular weight excluding hydrogens is 190 g/mol. The van der Waals surface area contributed by atoms with Crippen molar-refractivity contribution in [2.24, 2.45) is 5.92 Å². The number of amides is 1. The number of hydrogen-bond acceptors (Lipinski definition) is 2. The van der Waals surface area contributed by atoms with Crippen molar-refractivity contribution < 1.29 is 9.53 Å². The molecule has 0 unspecified atom stereocenters. The monoisotopic (exact) mass is 213 g/mol. The highest BCUT2D eigenvalue weighted by atomic mass is 16.5. The summed E-state index contributed by atoms with van der Waals surface area (Å²) in [7, 11) is 0. The van der Waals surface area contributed by atoms with E-state index in [2.05, 4.69) is 27.7 Å². The highest BCUT2D eigenvalue weighted by molar-refractivity contribution is 5.77. The van der Waals surface area contributed by atoms with Gasteiger partial charge in [-0.15, -0.1) is 0 Å². The third-order valence-corrected chi connectivity index (χ3v) is 2.78. The molecular formula is C12H23NO2. The predicted molar refractivity (Wildman–Crippen MR) is 60.7 cm³/mol. The molecule has 1 aliphatic rings. The van der Waals surface area contributed by atoms with E-state index >= 15 is 0 Å². The summed E-state index contributed by atoms with van der Waals surface area (Å²) in [6, 6.07) is 0. The Morgan fingerprint density at radius 2 is 2.13 bits per heavy atom. The fourth-order valence-electron chi connectivity index (χ4n) is 1.88. The lowest BCUT2D eigenvalue weighted by Gasteiger charge is -2.45. The number of rotatable bonds is 2. The maximum Gasteiger partial charge on any atom is 0.223 e. The van der Waals surface area contributed by atoms with Crippen LogP contribution in [0.1, 0.15) is 41.0 Å². The topological polar surface area (TPSA) is 29.5 Å². The molecule has 1 heterocycles. The molecule has 0 saturated carbocycles. The minimum atomic E-state index is -0.154. The Morgan fingerprint density at radius 3 is 2.67 bits per heavy atom. The van der Waals surface area contributed by atoms with Gasteiger partial charge in [0.1, 0.15) is 0 Å². The van der Waals surface area contributed by atoms with Crippen LogP contribution in [0.4, 0.5) is 0 Å². The van der Waals surface area contributed by atoms with Crippen LogP contribution in [0.5, 0.6) is 0 Å². The Kier molecular flexibility index (Phi) is 3.77. The lowest BCUT2D eigenvalue weighted by molar-refractivity contribution is -0.153. The summed E-state index contributed by atoms with van der Waals surface area (Å²) in [6.45, 7) is 11.7. The van der Waals surface area contributed by atoms with Crippen LogP contribution in [0.25, 0.3) is 0 Å². The van der Waals surface area contributed by atoms with Crippen LogP contribution in [-0.2, 0) is 9.53 Å². The van der Waals surface area contributed by atoms with Crippen molar-refractivity contribution in [2.45, 2.75) is 52.7 Å². The molecule has 0 aromatic carbocycles. The van der Waals surface area contributed by atoms with Gasteiger partial charge in [0, 0.05) is 13.0 Å². The largest absolute Gasteiger partial charge is 0.374 e. The fraction of sp³-hybridized carbons (Fsp3) is 0.917. The molecule has 15 heavy (non-hydrogen) atoms. The molecule has 0 radical (unpaired) electrons. The summed E-state index contributed by atoms with van der Waals surface area (Å²) < 4.78 is 5.58. The van der Waals surface area contributed by atoms with Gasteiger partial charge in [-0.1, -0.05) is 13.8 Å². The summed E-state index contributed by atoms with van der Waals surface area (Å²) in [4.78, 5) is 14.0. The van der Waals surface area contributed by atoms with Gasteiger partial charge in [-0.3, -0.25) is 4.79 Å². The normalized spacial score (nSPS) is 25.7. The second-order valence-electron chi connectivity index (χ2n) is 5.54. The van der Waals surface area contributed by atoms with E-state index in [4.69, 9.17) is 4.74 Å². The molecule has 3 heteroatoms. The number of hydrogen-bond donors (Lipinski definition) is 0. The van der Waals surface area contributed by atoms with Crippen molar-refractivity contribution in [3.63, 3.8) is 0 Å². The van der Waals surface area contributed by atoms with Crippen molar-refractivity contribution >= 4 is 5.91 Å². The van der Waals surface area contributed by atoms with E-state index in [0.717, 1.165) is 6.54 Å². The molecule has 0 bridgehead atoms. The van der Waals surface area contributed by atoms with Gasteiger partial charge in [0.25, 0.3) is 0 Å². The summed E-state index contributed by atoms with van der Waals surface area (Å²) >= 11 is 0. The molecule has 0 aromatic heterocycles. The van der Waals surface area contributed by atoms with Gasteiger partial charge < -0.3 is 9.64 Å². The Morgan fingerprint density at radius 1 is 1.53 bits per heavy atom.